The summed E-state index contributed by atoms with van der Waals surface area (Å²) in [6.45, 7) is 9.15. The van der Waals surface area contributed by atoms with Gasteiger partial charge in [-0.1, -0.05) is 42.3 Å². The number of hydrogen-bond acceptors (Lipinski definition) is 18. The van der Waals surface area contributed by atoms with Crippen LogP contribution in [0.2, 0.25) is 5.02 Å². The van der Waals surface area contributed by atoms with E-state index >= 15 is 0 Å². The monoisotopic (exact) mass is 1090 g/mol. The molecule has 3 aliphatic rings. The van der Waals surface area contributed by atoms with Crippen molar-refractivity contribution in [3.8, 4) is 5.75 Å². The molecule has 0 radical (unpaired) electrons. The highest BCUT2D eigenvalue weighted by Gasteiger charge is 2.64. The second-order valence-corrected chi connectivity index (χ2v) is 19.5. The van der Waals surface area contributed by atoms with E-state index in [0.29, 0.717) is 17.9 Å². The molecule has 3 aliphatic heterocycles. The molecule has 3 heterocycles. The van der Waals surface area contributed by atoms with Gasteiger partial charge in [0.05, 0.1) is 25.3 Å². The number of carbonyl (C=O) groups excluding carboxylic acids is 9. The fourth-order valence-electron chi connectivity index (χ4n) is 8.38. The number of alkyl carbamates (subject to hydrolysis) is 1. The topological polar surface area (TPSA) is 346 Å². The Morgan fingerprint density at radius 3 is 2.21 bits per heavy atom. The minimum atomic E-state index is -1.91. The molecule has 422 valence electrons. The predicted molar refractivity (Wildman–Crippen MR) is 271 cm³/mol. The molecule has 11 unspecified atom stereocenters. The normalized spacial score (nSPS) is 26.2. The number of epoxide rings is 1. The number of nitrogens with two attached hydrogens (primary N) is 1. The molecule has 1 aromatic carbocycles. The van der Waals surface area contributed by atoms with Gasteiger partial charge in [0, 0.05) is 46.6 Å². The Labute approximate surface area is 445 Å². The maximum absolute atomic E-state index is 14.3. The third-order valence-corrected chi connectivity index (χ3v) is 13.6. The number of allylic oxidation sites excluding steroid dienone is 3. The third kappa shape index (κ3) is 16.5. The number of hydrogen-bond donors (Lipinski definition) is 8. The third-order valence-electron chi connectivity index (χ3n) is 13.2. The number of aliphatic hydroxyl groups is 1. The SMILES string of the molecule is COc1cc2cc(c1Cl)N(C)C(=O)CC(OC(=O)C(C)N(C)C(=O)COCC(=O)NC(C)C(=O)NC(C)C(=O)NC(C)C(=O)NCCNC(=O)CON)C1(C)OC1C(C)C1CC(O)(NC(=O)O1)C(OC)/C=C/C=C(\C)C2. The van der Waals surface area contributed by atoms with Crippen molar-refractivity contribution < 1.29 is 81.5 Å². The van der Waals surface area contributed by atoms with Crippen LogP contribution in [0, 0.1) is 5.92 Å². The Morgan fingerprint density at radius 1 is 0.947 bits per heavy atom. The van der Waals surface area contributed by atoms with Crippen molar-refractivity contribution in [2.24, 2.45) is 11.8 Å². The zero-order valence-corrected chi connectivity index (χ0v) is 45.3. The number of halogens is 1. The van der Waals surface area contributed by atoms with Gasteiger partial charge in [0.1, 0.15) is 78.7 Å². The maximum Gasteiger partial charge on any atom is 0.409 e. The summed E-state index contributed by atoms with van der Waals surface area (Å²) in [5.41, 5.74) is -1.37. The number of benzene rings is 1. The van der Waals surface area contributed by atoms with Crippen molar-refractivity contribution in [1.29, 1.82) is 0 Å². The molecule has 27 heteroatoms. The summed E-state index contributed by atoms with van der Waals surface area (Å²) in [6, 6.07) is -1.12. The fourth-order valence-corrected chi connectivity index (χ4v) is 8.69. The first-order valence-electron chi connectivity index (χ1n) is 24.4. The average Bonchev–Trinajstić information content (AvgIpc) is 4.06. The van der Waals surface area contributed by atoms with Gasteiger partial charge in [-0.2, -0.15) is 0 Å². The lowest BCUT2D eigenvalue weighted by Crippen LogP contribution is -2.63. The molecule has 11 atom stereocenters. The van der Waals surface area contributed by atoms with Crippen LogP contribution in [-0.2, 0) is 73.3 Å². The van der Waals surface area contributed by atoms with Crippen molar-refractivity contribution in [1.82, 2.24) is 36.8 Å². The molecular weight excluding hydrogens is 1020 g/mol. The van der Waals surface area contributed by atoms with E-state index in [-0.39, 0.29) is 31.1 Å². The Kier molecular flexibility index (Phi) is 22.5. The van der Waals surface area contributed by atoms with Gasteiger partial charge in [-0.15, -0.1) is 0 Å². The van der Waals surface area contributed by atoms with Crippen LogP contribution in [0.15, 0.2) is 35.9 Å². The highest BCUT2D eigenvalue weighted by Crippen LogP contribution is 2.49. The standard InChI is InChI=1S/C49H72ClN9O17/c1-25-13-12-14-35(71-11)49(69)21-34(74-47(68)57-49)26(2)42-48(7,76-42)36(20-39(62)59(9)32-18-31(17-25)19-33(70-10)41(32)50)75-46(67)30(6)58(8)40(63)24-72-22-38(61)54-28(4)44(65)56-29(5)45(66)55-27(3)43(64)53-16-15-52-37(60)23-73-51/h12-14,18-19,26-30,34-36,42,69H,15-17,20-24,51H2,1-11H3,(H,52,60)(H,53,64)(H,54,61)(H,55,66)(H,56,65)(H,57,68)/b14-12+,25-13+. The van der Waals surface area contributed by atoms with Gasteiger partial charge in [0.15, 0.2) is 5.72 Å². The zero-order valence-electron chi connectivity index (χ0n) is 44.6. The van der Waals surface area contributed by atoms with Crippen LogP contribution >= 0.6 is 11.6 Å². The van der Waals surface area contributed by atoms with Gasteiger partial charge in [0.25, 0.3) is 0 Å². The van der Waals surface area contributed by atoms with E-state index in [2.05, 4.69) is 36.7 Å². The molecule has 0 aromatic heterocycles. The predicted octanol–water partition coefficient (Wildman–Crippen LogP) is -0.832. The number of esters is 1. The lowest BCUT2D eigenvalue weighted by atomic mass is 9.83. The smallest absolute Gasteiger partial charge is 0.409 e. The molecule has 2 saturated heterocycles. The van der Waals surface area contributed by atoms with Crippen LogP contribution in [0.25, 0.3) is 0 Å². The maximum atomic E-state index is 14.3. The molecular formula is C49H72ClN9O17. The van der Waals surface area contributed by atoms with Gasteiger partial charge >= 0.3 is 12.1 Å². The van der Waals surface area contributed by atoms with Crippen molar-refractivity contribution in [3.63, 3.8) is 0 Å². The molecule has 26 nitrogen and oxygen atoms in total. The fraction of sp³-hybridized carbons (Fsp3) is 0.612. The zero-order chi connectivity index (χ0) is 56.8. The number of fused-ring (bicyclic) bond motifs is 5. The summed E-state index contributed by atoms with van der Waals surface area (Å²) in [5, 5.41) is 26.7. The van der Waals surface area contributed by atoms with Crippen molar-refractivity contribution in [2.45, 2.75) is 128 Å². The number of amides is 8. The molecule has 2 fully saturated rings. The molecule has 0 aliphatic carbocycles. The highest BCUT2D eigenvalue weighted by atomic mass is 35.5. The van der Waals surface area contributed by atoms with E-state index in [4.69, 9.17) is 45.9 Å². The highest BCUT2D eigenvalue weighted by molar-refractivity contribution is 6.35. The summed E-state index contributed by atoms with van der Waals surface area (Å²) < 4.78 is 34.5. The first kappa shape index (κ1) is 62.1. The van der Waals surface area contributed by atoms with Crippen LogP contribution in [0.1, 0.15) is 66.9 Å². The van der Waals surface area contributed by atoms with Crippen molar-refractivity contribution in [2.75, 3.05) is 66.1 Å². The average molecular weight is 1090 g/mol. The number of carbonyl (C=O) groups is 9. The number of nitrogens with one attached hydrogen (secondary N) is 6. The summed E-state index contributed by atoms with van der Waals surface area (Å²) in [4.78, 5) is 123. The molecule has 1 aromatic rings. The largest absolute Gasteiger partial charge is 0.495 e. The molecule has 0 spiro atoms. The Hall–Kier alpha value is -6.42. The van der Waals surface area contributed by atoms with E-state index in [9.17, 15) is 48.3 Å². The second kappa shape index (κ2) is 27.6. The Balaban J connectivity index is 1.40. The van der Waals surface area contributed by atoms with Crippen LogP contribution < -0.4 is 47.4 Å². The number of methoxy groups -OCH3 is 2. The molecule has 8 amide bonds. The van der Waals surface area contributed by atoms with E-state index in [1.807, 2.05) is 13.0 Å². The van der Waals surface area contributed by atoms with Gasteiger partial charge in [0.2, 0.25) is 41.4 Å². The summed E-state index contributed by atoms with van der Waals surface area (Å²) >= 11 is 6.79. The lowest BCUT2D eigenvalue weighted by molar-refractivity contribution is -0.163. The molecule has 4 bridgehead atoms. The first-order valence-corrected chi connectivity index (χ1v) is 24.8. The van der Waals surface area contributed by atoms with Crippen LogP contribution in [-0.4, -0.2) is 185 Å². The van der Waals surface area contributed by atoms with E-state index in [1.54, 1.807) is 38.1 Å². The summed E-state index contributed by atoms with van der Waals surface area (Å²) in [6.07, 6.45) is -0.0342. The van der Waals surface area contributed by atoms with Gasteiger partial charge < -0.3 is 69.9 Å². The summed E-state index contributed by atoms with van der Waals surface area (Å²) in [5.74, 6) is -1.03. The van der Waals surface area contributed by atoms with Crippen LogP contribution in [0.3, 0.4) is 0 Å². The minimum Gasteiger partial charge on any atom is -0.495 e. The molecule has 9 N–H and O–H groups in total. The number of ether oxygens (including phenoxy) is 6. The van der Waals surface area contributed by atoms with E-state index < -0.39 is 139 Å². The quantitative estimate of drug-likeness (QED) is 0.0342. The van der Waals surface area contributed by atoms with Gasteiger partial charge in [-0.05, 0) is 65.7 Å². The lowest BCUT2D eigenvalue weighted by Gasteiger charge is -2.42. The van der Waals surface area contributed by atoms with E-state index in [0.717, 1.165) is 16.0 Å². The first-order chi connectivity index (χ1) is 35.7. The Bertz CT molecular complexity index is 2390. The van der Waals surface area contributed by atoms with Crippen LogP contribution in [0.5, 0.6) is 5.75 Å². The number of nitrogens with zero attached hydrogens (tertiary/aromatic N) is 2. The number of rotatable bonds is 20. The van der Waals surface area contributed by atoms with Gasteiger partial charge in [-0.25, -0.2) is 15.5 Å². The molecule has 0 saturated carbocycles. The Morgan fingerprint density at radius 2 is 1.58 bits per heavy atom. The second-order valence-electron chi connectivity index (χ2n) is 19.1. The minimum absolute atomic E-state index is 0.0520. The van der Waals surface area contributed by atoms with Crippen molar-refractivity contribution >= 4 is 70.7 Å². The number of anilines is 1. The van der Waals surface area contributed by atoms with E-state index in [1.165, 1.54) is 60.9 Å². The van der Waals surface area contributed by atoms with Gasteiger partial charge in [-0.3, -0.25) is 43.7 Å². The molecule has 4 rings (SSSR count). The summed E-state index contributed by atoms with van der Waals surface area (Å²) in [7, 11) is 5.64. The molecule has 76 heavy (non-hydrogen) atoms. The van der Waals surface area contributed by atoms with Crippen LogP contribution in [0.4, 0.5) is 10.5 Å². The number of likely N-dealkylation sites (N-methyl/N-ethyl adjacent to an activating group) is 1. The van der Waals surface area contributed by atoms with Crippen molar-refractivity contribution in [3.05, 3.63) is 46.5 Å².